The molecule has 136 valence electrons. The van der Waals surface area contributed by atoms with Crippen LogP contribution in [0, 0.1) is 0 Å². The van der Waals surface area contributed by atoms with E-state index in [1.54, 1.807) is 24.3 Å². The van der Waals surface area contributed by atoms with Crippen LogP contribution >= 0.6 is 12.4 Å². The summed E-state index contributed by atoms with van der Waals surface area (Å²) < 4.78 is 0. The van der Waals surface area contributed by atoms with Crippen LogP contribution < -0.4 is 5.32 Å². The molecule has 1 fully saturated rings. The van der Waals surface area contributed by atoms with Gasteiger partial charge in [-0.1, -0.05) is 19.1 Å². The van der Waals surface area contributed by atoms with Crippen LogP contribution in [-0.2, 0) is 4.79 Å². The van der Waals surface area contributed by atoms with Crippen molar-refractivity contribution < 1.29 is 14.4 Å². The quantitative estimate of drug-likeness (QED) is 0.806. The van der Waals surface area contributed by atoms with E-state index in [1.807, 2.05) is 11.8 Å². The van der Waals surface area contributed by atoms with Gasteiger partial charge in [0.2, 0.25) is 5.91 Å². The number of rotatable bonds is 5. The van der Waals surface area contributed by atoms with Gasteiger partial charge in [-0.2, -0.15) is 0 Å². The Labute approximate surface area is 154 Å². The van der Waals surface area contributed by atoms with Crippen LogP contribution in [0.5, 0.6) is 0 Å². The molecule has 7 heteroatoms. The van der Waals surface area contributed by atoms with Crippen LogP contribution in [0.25, 0.3) is 0 Å². The number of carbonyl (C=O) groups excluding carboxylic acids is 3. The topological polar surface area (TPSA) is 69.7 Å². The van der Waals surface area contributed by atoms with E-state index in [2.05, 4.69) is 5.32 Å². The Hall–Kier alpha value is -1.92. The number of carbonyl (C=O) groups is 3. The fraction of sp³-hybridized carbons (Fsp3) is 0.500. The number of fused-ring (bicyclic) bond motifs is 1. The average molecular weight is 366 g/mol. The lowest BCUT2D eigenvalue weighted by molar-refractivity contribution is -0.134. The van der Waals surface area contributed by atoms with Crippen LogP contribution in [0.2, 0.25) is 0 Å². The van der Waals surface area contributed by atoms with Gasteiger partial charge in [-0.3, -0.25) is 19.3 Å². The summed E-state index contributed by atoms with van der Waals surface area (Å²) in [6.45, 7) is 4.31. The minimum Gasteiger partial charge on any atom is -0.338 e. The molecule has 0 spiro atoms. The van der Waals surface area contributed by atoms with E-state index < -0.39 is 0 Å². The highest BCUT2D eigenvalue weighted by molar-refractivity contribution is 6.22. The molecule has 25 heavy (non-hydrogen) atoms. The molecule has 2 aliphatic heterocycles. The van der Waals surface area contributed by atoms with Crippen molar-refractivity contribution in [2.45, 2.75) is 32.2 Å². The molecule has 2 aliphatic rings. The van der Waals surface area contributed by atoms with Gasteiger partial charge in [0.05, 0.1) is 11.1 Å². The van der Waals surface area contributed by atoms with Crippen LogP contribution in [0.15, 0.2) is 24.3 Å². The Balaban J connectivity index is 0.00000225. The number of benzene rings is 1. The van der Waals surface area contributed by atoms with Gasteiger partial charge in [0.15, 0.2) is 0 Å². The molecule has 0 unspecified atom stereocenters. The molecule has 1 aromatic rings. The van der Waals surface area contributed by atoms with Crippen molar-refractivity contribution >= 4 is 30.1 Å². The van der Waals surface area contributed by atoms with E-state index in [0.717, 1.165) is 37.3 Å². The number of hydrogen-bond donors (Lipinski definition) is 1. The molecular weight excluding hydrogens is 342 g/mol. The van der Waals surface area contributed by atoms with Gasteiger partial charge in [-0.25, -0.2) is 0 Å². The van der Waals surface area contributed by atoms with Crippen molar-refractivity contribution in [3.63, 3.8) is 0 Å². The van der Waals surface area contributed by atoms with E-state index >= 15 is 0 Å². The summed E-state index contributed by atoms with van der Waals surface area (Å²) in [6, 6.07) is 6.92. The highest BCUT2D eigenvalue weighted by Gasteiger charge is 2.37. The van der Waals surface area contributed by atoms with Crippen molar-refractivity contribution in [2.75, 3.05) is 26.2 Å². The summed E-state index contributed by atoms with van der Waals surface area (Å²) in [5.41, 5.74) is 0.776. The fourth-order valence-corrected chi connectivity index (χ4v) is 3.48. The van der Waals surface area contributed by atoms with E-state index in [9.17, 15) is 14.4 Å². The summed E-state index contributed by atoms with van der Waals surface area (Å²) in [6.07, 6.45) is 2.68. The van der Waals surface area contributed by atoms with Crippen LogP contribution in [0.4, 0.5) is 0 Å². The molecule has 1 saturated heterocycles. The number of piperidine rings is 1. The highest BCUT2D eigenvalue weighted by atomic mass is 35.5. The molecule has 1 N–H and O–H groups in total. The van der Waals surface area contributed by atoms with E-state index in [1.165, 1.54) is 0 Å². The third-order valence-electron chi connectivity index (χ3n) is 4.71. The minimum atomic E-state index is -0.370. The number of nitrogens with one attached hydrogen (secondary N) is 1. The Morgan fingerprint density at radius 2 is 1.72 bits per heavy atom. The predicted molar refractivity (Wildman–Crippen MR) is 97.0 cm³/mol. The smallest absolute Gasteiger partial charge is 0.262 e. The van der Waals surface area contributed by atoms with Gasteiger partial charge in [0, 0.05) is 12.6 Å². The Morgan fingerprint density at radius 3 is 2.24 bits per heavy atom. The molecule has 3 rings (SSSR count). The predicted octanol–water partition coefficient (Wildman–Crippen LogP) is 1.69. The van der Waals surface area contributed by atoms with E-state index in [0.29, 0.717) is 17.7 Å². The first-order valence-electron chi connectivity index (χ1n) is 8.59. The number of imide groups is 1. The molecule has 0 bridgehead atoms. The van der Waals surface area contributed by atoms with Crippen molar-refractivity contribution in [2.24, 2.45) is 0 Å². The molecule has 0 saturated carbocycles. The number of amides is 3. The summed E-state index contributed by atoms with van der Waals surface area (Å²) >= 11 is 0. The Bertz CT molecular complexity index is 624. The van der Waals surface area contributed by atoms with Crippen LogP contribution in [-0.4, -0.2) is 59.7 Å². The SMILES string of the molecule is CCCN(C(=O)CN1C(=O)c2ccccc2C1=O)C1CCNCC1.Cl. The first kappa shape index (κ1) is 19.4. The van der Waals surface area contributed by atoms with Gasteiger partial charge >= 0.3 is 0 Å². The third kappa shape index (κ3) is 3.85. The molecular formula is C18H24ClN3O3. The second-order valence-corrected chi connectivity index (χ2v) is 6.31. The zero-order valence-corrected chi connectivity index (χ0v) is 15.2. The van der Waals surface area contributed by atoms with Crippen LogP contribution in [0.3, 0.4) is 0 Å². The second-order valence-electron chi connectivity index (χ2n) is 6.31. The number of halogens is 1. The lowest BCUT2D eigenvalue weighted by Crippen LogP contribution is -2.50. The van der Waals surface area contributed by atoms with Crippen molar-refractivity contribution in [3.8, 4) is 0 Å². The normalized spacial score (nSPS) is 17.2. The lowest BCUT2D eigenvalue weighted by atomic mass is 10.0. The highest BCUT2D eigenvalue weighted by Crippen LogP contribution is 2.23. The van der Waals surface area contributed by atoms with Gasteiger partial charge in [-0.05, 0) is 44.5 Å². The number of hydrogen-bond acceptors (Lipinski definition) is 4. The van der Waals surface area contributed by atoms with E-state index in [-0.39, 0.29) is 42.7 Å². The zero-order valence-electron chi connectivity index (χ0n) is 14.4. The molecule has 0 aromatic heterocycles. The van der Waals surface area contributed by atoms with Crippen molar-refractivity contribution in [3.05, 3.63) is 35.4 Å². The standard InChI is InChI=1S/C18H23N3O3.ClH/c1-2-11-20(13-7-9-19-10-8-13)16(22)12-21-17(23)14-5-3-4-6-15(14)18(21)24;/h3-6,13,19H,2,7-12H2,1H3;1H. The molecule has 0 radical (unpaired) electrons. The molecule has 1 aromatic carbocycles. The summed E-state index contributed by atoms with van der Waals surface area (Å²) in [5, 5.41) is 3.29. The van der Waals surface area contributed by atoms with Crippen molar-refractivity contribution in [1.82, 2.24) is 15.1 Å². The van der Waals surface area contributed by atoms with E-state index in [4.69, 9.17) is 0 Å². The van der Waals surface area contributed by atoms with Gasteiger partial charge < -0.3 is 10.2 Å². The maximum absolute atomic E-state index is 12.8. The summed E-state index contributed by atoms with van der Waals surface area (Å²) in [4.78, 5) is 40.6. The maximum atomic E-state index is 12.8. The molecule has 0 aliphatic carbocycles. The van der Waals surface area contributed by atoms with Gasteiger partial charge in [-0.15, -0.1) is 12.4 Å². The monoisotopic (exact) mass is 365 g/mol. The maximum Gasteiger partial charge on any atom is 0.262 e. The van der Waals surface area contributed by atoms with Crippen LogP contribution in [0.1, 0.15) is 46.9 Å². The van der Waals surface area contributed by atoms with Gasteiger partial charge in [0.1, 0.15) is 6.54 Å². The first-order valence-corrected chi connectivity index (χ1v) is 8.59. The molecule has 3 amide bonds. The largest absolute Gasteiger partial charge is 0.338 e. The minimum absolute atomic E-state index is 0. The molecule has 2 heterocycles. The molecule has 6 nitrogen and oxygen atoms in total. The lowest BCUT2D eigenvalue weighted by Gasteiger charge is -2.35. The Kier molecular flexibility index (Phi) is 6.56. The second kappa shape index (κ2) is 8.45. The molecule has 0 atom stereocenters. The number of nitrogens with zero attached hydrogens (tertiary/aromatic N) is 2. The fourth-order valence-electron chi connectivity index (χ4n) is 3.48. The zero-order chi connectivity index (χ0) is 17.1. The van der Waals surface area contributed by atoms with Crippen molar-refractivity contribution in [1.29, 1.82) is 0 Å². The van der Waals surface area contributed by atoms with Gasteiger partial charge in [0.25, 0.3) is 11.8 Å². The summed E-state index contributed by atoms with van der Waals surface area (Å²) in [7, 11) is 0. The summed E-state index contributed by atoms with van der Waals surface area (Å²) in [5.74, 6) is -0.880. The third-order valence-corrected chi connectivity index (χ3v) is 4.71. The average Bonchev–Trinajstić information content (AvgIpc) is 2.85. The first-order chi connectivity index (χ1) is 11.6. The Morgan fingerprint density at radius 1 is 1.16 bits per heavy atom.